The minimum absolute atomic E-state index is 0.0368. The number of fused-ring (bicyclic) bond motifs is 3. The van der Waals surface area contributed by atoms with Crippen molar-refractivity contribution in [2.75, 3.05) is 32.7 Å². The molecule has 0 N–H and O–H groups in total. The van der Waals surface area contributed by atoms with Gasteiger partial charge < -0.3 is 14.4 Å². The standard InChI is InChI=1S/C17H16FNO4/c1-19-9-17(15(20)22-2,16(21)23-3)12-8-13(18)10-6-4-5-7-11(10)14(12)19/h4-8H,9H2,1-3H3. The average molecular weight is 317 g/mol. The molecule has 6 heteroatoms. The zero-order valence-electron chi connectivity index (χ0n) is 13.1. The molecule has 0 unspecified atom stereocenters. The normalized spacial score (nSPS) is 15.4. The number of halogens is 1. The van der Waals surface area contributed by atoms with Gasteiger partial charge in [0, 0.05) is 35.6 Å². The molecule has 0 bridgehead atoms. The van der Waals surface area contributed by atoms with Gasteiger partial charge >= 0.3 is 11.9 Å². The molecule has 0 saturated heterocycles. The van der Waals surface area contributed by atoms with E-state index < -0.39 is 23.2 Å². The predicted molar refractivity (Wildman–Crippen MR) is 82.9 cm³/mol. The largest absolute Gasteiger partial charge is 0.468 e. The van der Waals surface area contributed by atoms with Gasteiger partial charge in [-0.05, 0) is 6.07 Å². The Hall–Kier alpha value is -2.63. The van der Waals surface area contributed by atoms with Gasteiger partial charge in [-0.1, -0.05) is 24.3 Å². The number of esters is 2. The van der Waals surface area contributed by atoms with Crippen molar-refractivity contribution in [3.8, 4) is 0 Å². The summed E-state index contributed by atoms with van der Waals surface area (Å²) in [6.45, 7) is 0.0368. The number of anilines is 1. The van der Waals surface area contributed by atoms with Crippen molar-refractivity contribution >= 4 is 28.4 Å². The lowest BCUT2D eigenvalue weighted by Gasteiger charge is -2.24. The maximum atomic E-state index is 14.5. The Labute approximate surface area is 132 Å². The predicted octanol–water partition coefficient (Wildman–Crippen LogP) is 2.01. The van der Waals surface area contributed by atoms with Crippen molar-refractivity contribution in [1.29, 1.82) is 0 Å². The summed E-state index contributed by atoms with van der Waals surface area (Å²) in [6.07, 6.45) is 0. The minimum Gasteiger partial charge on any atom is -0.468 e. The molecule has 1 heterocycles. The molecule has 0 aromatic heterocycles. The van der Waals surface area contributed by atoms with Gasteiger partial charge in [-0.2, -0.15) is 0 Å². The molecule has 2 aromatic rings. The van der Waals surface area contributed by atoms with Crippen LogP contribution in [0.15, 0.2) is 30.3 Å². The van der Waals surface area contributed by atoms with Gasteiger partial charge in [0.15, 0.2) is 0 Å². The molecule has 5 nitrogen and oxygen atoms in total. The van der Waals surface area contributed by atoms with E-state index in [0.717, 1.165) is 0 Å². The lowest BCUT2D eigenvalue weighted by Crippen LogP contribution is -2.48. The molecule has 0 aliphatic carbocycles. The van der Waals surface area contributed by atoms with Gasteiger partial charge in [0.05, 0.1) is 14.2 Å². The first-order valence-electron chi connectivity index (χ1n) is 7.07. The molecule has 2 aromatic carbocycles. The van der Waals surface area contributed by atoms with Crippen molar-refractivity contribution < 1.29 is 23.5 Å². The van der Waals surface area contributed by atoms with Crippen LogP contribution in [0.4, 0.5) is 10.1 Å². The molecule has 3 rings (SSSR count). The number of ether oxygens (including phenoxy) is 2. The lowest BCUT2D eigenvalue weighted by molar-refractivity contribution is -0.161. The molecular weight excluding hydrogens is 301 g/mol. The average Bonchev–Trinajstić information content (AvgIpc) is 2.87. The summed E-state index contributed by atoms with van der Waals surface area (Å²) in [5.41, 5.74) is -0.772. The van der Waals surface area contributed by atoms with Crippen LogP contribution < -0.4 is 4.90 Å². The first-order chi connectivity index (χ1) is 11.0. The van der Waals surface area contributed by atoms with E-state index in [2.05, 4.69) is 0 Å². The third-order valence-corrected chi connectivity index (χ3v) is 4.35. The zero-order chi connectivity index (χ0) is 16.8. The van der Waals surface area contributed by atoms with Gasteiger partial charge in [-0.25, -0.2) is 4.39 Å². The van der Waals surface area contributed by atoms with Crippen LogP contribution >= 0.6 is 0 Å². The van der Waals surface area contributed by atoms with E-state index in [9.17, 15) is 14.0 Å². The van der Waals surface area contributed by atoms with Crippen molar-refractivity contribution in [2.24, 2.45) is 0 Å². The van der Waals surface area contributed by atoms with Gasteiger partial charge in [0.25, 0.3) is 0 Å². The second-order valence-corrected chi connectivity index (χ2v) is 5.54. The second kappa shape index (κ2) is 5.22. The third kappa shape index (κ3) is 1.91. The Bertz CT molecular complexity index is 802. The van der Waals surface area contributed by atoms with Crippen LogP contribution in [-0.2, 0) is 24.5 Å². The third-order valence-electron chi connectivity index (χ3n) is 4.35. The highest BCUT2D eigenvalue weighted by molar-refractivity contribution is 6.13. The van der Waals surface area contributed by atoms with Crippen molar-refractivity contribution in [3.63, 3.8) is 0 Å². The van der Waals surface area contributed by atoms with E-state index in [1.54, 1.807) is 36.2 Å². The van der Waals surface area contributed by atoms with Crippen LogP contribution in [-0.4, -0.2) is 39.8 Å². The highest BCUT2D eigenvalue weighted by atomic mass is 19.1. The molecule has 1 aliphatic heterocycles. The number of likely N-dealkylation sites (N-methyl/N-ethyl adjacent to an activating group) is 1. The molecule has 23 heavy (non-hydrogen) atoms. The fourth-order valence-corrected chi connectivity index (χ4v) is 3.35. The fourth-order valence-electron chi connectivity index (χ4n) is 3.35. The molecule has 120 valence electrons. The Morgan fingerprint density at radius 3 is 2.26 bits per heavy atom. The number of carbonyl (C=O) groups is 2. The lowest BCUT2D eigenvalue weighted by atomic mass is 9.81. The number of nitrogens with zero attached hydrogens (tertiary/aromatic N) is 1. The topological polar surface area (TPSA) is 55.8 Å². The van der Waals surface area contributed by atoms with Crippen LogP contribution in [0, 0.1) is 5.82 Å². The van der Waals surface area contributed by atoms with Crippen LogP contribution in [0.25, 0.3) is 10.8 Å². The van der Waals surface area contributed by atoms with E-state index in [0.29, 0.717) is 16.5 Å². The number of hydrogen-bond donors (Lipinski definition) is 0. The summed E-state index contributed by atoms with van der Waals surface area (Å²) in [5.74, 6) is -2.01. The molecular formula is C17H16FNO4. The molecule has 0 spiro atoms. The summed E-state index contributed by atoms with van der Waals surface area (Å²) in [7, 11) is 4.14. The van der Waals surface area contributed by atoms with E-state index in [1.165, 1.54) is 20.3 Å². The Morgan fingerprint density at radius 1 is 1.13 bits per heavy atom. The van der Waals surface area contributed by atoms with Crippen LogP contribution in [0.3, 0.4) is 0 Å². The van der Waals surface area contributed by atoms with Gasteiger partial charge in [-0.3, -0.25) is 9.59 Å². The summed E-state index contributed by atoms with van der Waals surface area (Å²) in [4.78, 5) is 26.6. The highest BCUT2D eigenvalue weighted by Gasteiger charge is 2.57. The maximum absolute atomic E-state index is 14.5. The zero-order valence-corrected chi connectivity index (χ0v) is 13.1. The molecule has 0 saturated carbocycles. The SMILES string of the molecule is COC(=O)C1(C(=O)OC)CN(C)c2c1cc(F)c1ccccc21. The minimum atomic E-state index is -1.68. The Kier molecular flexibility index (Phi) is 3.47. The van der Waals surface area contributed by atoms with Gasteiger partial charge in [0.2, 0.25) is 5.41 Å². The Morgan fingerprint density at radius 2 is 1.70 bits per heavy atom. The summed E-state index contributed by atoms with van der Waals surface area (Å²) in [6, 6.07) is 8.18. The molecule has 1 aliphatic rings. The maximum Gasteiger partial charge on any atom is 0.329 e. The fraction of sp³-hybridized carbons (Fsp3) is 0.294. The quantitative estimate of drug-likeness (QED) is 0.626. The number of rotatable bonds is 2. The number of benzene rings is 2. The second-order valence-electron chi connectivity index (χ2n) is 5.54. The first-order valence-corrected chi connectivity index (χ1v) is 7.07. The molecule has 0 atom stereocenters. The number of methoxy groups -OCH3 is 2. The summed E-state index contributed by atoms with van der Waals surface area (Å²) >= 11 is 0. The van der Waals surface area contributed by atoms with Crippen LogP contribution in [0.2, 0.25) is 0 Å². The molecule has 0 fully saturated rings. The highest BCUT2D eigenvalue weighted by Crippen LogP contribution is 2.46. The molecule has 0 amide bonds. The van der Waals surface area contributed by atoms with Crippen LogP contribution in [0.5, 0.6) is 0 Å². The number of hydrogen-bond acceptors (Lipinski definition) is 5. The van der Waals surface area contributed by atoms with E-state index in [4.69, 9.17) is 9.47 Å². The summed E-state index contributed by atoms with van der Waals surface area (Å²) in [5, 5.41) is 1.07. The first kappa shape index (κ1) is 15.3. The van der Waals surface area contributed by atoms with Gasteiger partial charge in [0.1, 0.15) is 5.82 Å². The van der Waals surface area contributed by atoms with E-state index in [-0.39, 0.29) is 12.1 Å². The van der Waals surface area contributed by atoms with Crippen molar-refractivity contribution in [3.05, 3.63) is 41.7 Å². The molecule has 0 radical (unpaired) electrons. The van der Waals surface area contributed by atoms with Crippen molar-refractivity contribution in [1.82, 2.24) is 0 Å². The number of carbonyl (C=O) groups excluding carboxylic acids is 2. The van der Waals surface area contributed by atoms with E-state index >= 15 is 0 Å². The van der Waals surface area contributed by atoms with Crippen LogP contribution in [0.1, 0.15) is 5.56 Å². The smallest absolute Gasteiger partial charge is 0.329 e. The summed E-state index contributed by atoms with van der Waals surface area (Å²) < 4.78 is 24.2. The van der Waals surface area contributed by atoms with E-state index in [1.807, 2.05) is 0 Å². The Balaban J connectivity index is 2.40. The monoisotopic (exact) mass is 317 g/mol. The van der Waals surface area contributed by atoms with Gasteiger partial charge in [-0.15, -0.1) is 0 Å². The van der Waals surface area contributed by atoms with Crippen molar-refractivity contribution in [2.45, 2.75) is 5.41 Å².